The van der Waals surface area contributed by atoms with Crippen LogP contribution in [-0.4, -0.2) is 11.0 Å². The van der Waals surface area contributed by atoms with Crippen LogP contribution in [0.1, 0.15) is 35.3 Å². The summed E-state index contributed by atoms with van der Waals surface area (Å²) in [7, 11) is 0. The highest BCUT2D eigenvalue weighted by Crippen LogP contribution is 2.20. The Morgan fingerprint density at radius 3 is 2.53 bits per heavy atom. The van der Waals surface area contributed by atoms with Gasteiger partial charge in [-0.05, 0) is 44.9 Å². The summed E-state index contributed by atoms with van der Waals surface area (Å²) in [6, 6.07) is 9.26. The number of hydrogen-bond donors (Lipinski definition) is 1. The van der Waals surface area contributed by atoms with E-state index in [9.17, 15) is 0 Å². The van der Waals surface area contributed by atoms with Gasteiger partial charge in [-0.3, -0.25) is 0 Å². The molecule has 19 heavy (non-hydrogen) atoms. The molecule has 1 aromatic carbocycles. The number of aryl methyl sites for hydroxylation is 1. The summed E-state index contributed by atoms with van der Waals surface area (Å²) in [5.41, 5.74) is 1.35. The first-order valence-electron chi connectivity index (χ1n) is 6.47. The molecule has 2 nitrogen and oxygen atoms in total. The third-order valence-electron chi connectivity index (χ3n) is 3.00. The van der Waals surface area contributed by atoms with Crippen molar-refractivity contribution < 1.29 is 0 Å². The molecule has 2 unspecified atom stereocenters. The van der Waals surface area contributed by atoms with Gasteiger partial charge in [-0.15, -0.1) is 11.3 Å². The monoisotopic (exact) mass is 338 g/mol. The van der Waals surface area contributed by atoms with Crippen molar-refractivity contribution in [2.24, 2.45) is 0 Å². The highest BCUT2D eigenvalue weighted by atomic mass is 79.9. The Hall–Kier alpha value is -0.710. The number of nitrogens with zero attached hydrogens (tertiary/aromatic N) is 1. The van der Waals surface area contributed by atoms with E-state index in [0.717, 1.165) is 10.9 Å². The Morgan fingerprint density at radius 1 is 1.26 bits per heavy atom. The topological polar surface area (TPSA) is 24.9 Å². The summed E-state index contributed by atoms with van der Waals surface area (Å²) in [5, 5.41) is 4.78. The molecule has 0 saturated carbocycles. The molecule has 0 amide bonds. The second-order valence-corrected chi connectivity index (χ2v) is 7.11. The van der Waals surface area contributed by atoms with Crippen LogP contribution in [0.3, 0.4) is 0 Å². The van der Waals surface area contributed by atoms with Gasteiger partial charge in [0.2, 0.25) is 0 Å². The van der Waals surface area contributed by atoms with Crippen molar-refractivity contribution in [3.05, 3.63) is 50.4 Å². The Morgan fingerprint density at radius 2 is 1.95 bits per heavy atom. The minimum atomic E-state index is 0.309. The molecule has 1 heterocycles. The molecule has 0 spiro atoms. The van der Waals surface area contributed by atoms with Crippen molar-refractivity contribution in [2.45, 2.75) is 39.3 Å². The van der Waals surface area contributed by atoms with Crippen molar-refractivity contribution in [1.29, 1.82) is 0 Å². The van der Waals surface area contributed by atoms with Gasteiger partial charge < -0.3 is 5.32 Å². The molecule has 2 rings (SSSR count). The predicted molar refractivity (Wildman–Crippen MR) is 85.7 cm³/mol. The number of nitrogens with one attached hydrogen (secondary N) is 1. The van der Waals surface area contributed by atoms with Crippen LogP contribution in [0, 0.1) is 6.92 Å². The number of thiazole rings is 1. The van der Waals surface area contributed by atoms with Gasteiger partial charge in [0.1, 0.15) is 5.01 Å². The molecule has 0 saturated heterocycles. The lowest BCUT2D eigenvalue weighted by Crippen LogP contribution is -2.30. The van der Waals surface area contributed by atoms with Gasteiger partial charge in [0, 0.05) is 21.6 Å². The van der Waals surface area contributed by atoms with Crippen LogP contribution in [-0.2, 0) is 6.42 Å². The average molecular weight is 339 g/mol. The summed E-state index contributed by atoms with van der Waals surface area (Å²) >= 11 is 5.23. The molecule has 2 aromatic rings. The molecular formula is C15H19BrN2S. The Balaban J connectivity index is 1.90. The van der Waals surface area contributed by atoms with E-state index in [1.807, 2.05) is 6.20 Å². The molecular weight excluding hydrogens is 320 g/mol. The number of benzene rings is 1. The Bertz CT molecular complexity index is 521. The maximum Gasteiger partial charge on any atom is 0.109 e. The minimum absolute atomic E-state index is 0.309. The second kappa shape index (κ2) is 6.64. The van der Waals surface area contributed by atoms with Crippen molar-refractivity contribution in [3.63, 3.8) is 0 Å². The minimum Gasteiger partial charge on any atom is -0.305 e. The Kier molecular flexibility index (Phi) is 5.13. The summed E-state index contributed by atoms with van der Waals surface area (Å²) in [6.07, 6.45) is 2.97. The molecule has 4 heteroatoms. The zero-order valence-corrected chi connectivity index (χ0v) is 13.9. The lowest BCUT2D eigenvalue weighted by Gasteiger charge is -2.18. The van der Waals surface area contributed by atoms with Gasteiger partial charge in [0.15, 0.2) is 0 Å². The van der Waals surface area contributed by atoms with Crippen LogP contribution in [0.15, 0.2) is 34.9 Å². The van der Waals surface area contributed by atoms with Crippen LogP contribution in [0.25, 0.3) is 0 Å². The molecule has 1 N–H and O–H groups in total. The number of hydrogen-bond acceptors (Lipinski definition) is 3. The average Bonchev–Trinajstić information content (AvgIpc) is 2.79. The molecule has 1 aromatic heterocycles. The van der Waals surface area contributed by atoms with E-state index in [4.69, 9.17) is 0 Å². The number of halogens is 1. The fourth-order valence-corrected chi connectivity index (χ4v) is 3.15. The smallest absolute Gasteiger partial charge is 0.109 e. The zero-order chi connectivity index (χ0) is 13.8. The van der Waals surface area contributed by atoms with Crippen LogP contribution in [0.5, 0.6) is 0 Å². The summed E-state index contributed by atoms with van der Waals surface area (Å²) < 4.78 is 1.13. The number of rotatable bonds is 5. The van der Waals surface area contributed by atoms with Crippen molar-refractivity contribution in [3.8, 4) is 0 Å². The first-order valence-corrected chi connectivity index (χ1v) is 8.08. The van der Waals surface area contributed by atoms with E-state index >= 15 is 0 Å². The molecule has 102 valence electrons. The van der Waals surface area contributed by atoms with Crippen LogP contribution in [0.2, 0.25) is 0 Å². The fraction of sp³-hybridized carbons (Fsp3) is 0.400. The van der Waals surface area contributed by atoms with E-state index < -0.39 is 0 Å². The first kappa shape index (κ1) is 14.7. The van der Waals surface area contributed by atoms with E-state index in [2.05, 4.69) is 71.3 Å². The summed E-state index contributed by atoms with van der Waals surface area (Å²) in [5.74, 6) is 0. The third-order valence-corrected chi connectivity index (χ3v) is 4.62. The molecule has 0 aliphatic carbocycles. The molecule has 0 radical (unpaired) electrons. The molecule has 0 aliphatic rings. The first-order chi connectivity index (χ1) is 9.04. The van der Waals surface area contributed by atoms with Gasteiger partial charge in [0.25, 0.3) is 0 Å². The predicted octanol–water partition coefficient (Wildman–Crippen LogP) is 4.50. The van der Waals surface area contributed by atoms with E-state index in [0.29, 0.717) is 12.1 Å². The van der Waals surface area contributed by atoms with Gasteiger partial charge in [-0.2, -0.15) is 0 Å². The standard InChI is InChI=1S/C15H19BrN2S/c1-10(8-13-4-6-14(16)7-5-13)18-12(3)15-17-9-11(2)19-15/h4-7,9-10,12,18H,8H2,1-3H3. The Labute approximate surface area is 127 Å². The van der Waals surface area contributed by atoms with Crippen LogP contribution >= 0.6 is 27.3 Å². The molecule has 0 fully saturated rings. The largest absolute Gasteiger partial charge is 0.305 e. The molecule has 2 atom stereocenters. The zero-order valence-electron chi connectivity index (χ0n) is 11.5. The van der Waals surface area contributed by atoms with E-state index in [-0.39, 0.29) is 0 Å². The third kappa shape index (κ3) is 4.41. The van der Waals surface area contributed by atoms with Gasteiger partial charge in [0.05, 0.1) is 6.04 Å². The van der Waals surface area contributed by atoms with Gasteiger partial charge in [-0.1, -0.05) is 28.1 Å². The van der Waals surface area contributed by atoms with Crippen LogP contribution < -0.4 is 5.32 Å². The van der Waals surface area contributed by atoms with Crippen molar-refractivity contribution in [1.82, 2.24) is 10.3 Å². The fourth-order valence-electron chi connectivity index (χ4n) is 2.10. The lowest BCUT2D eigenvalue weighted by atomic mass is 10.1. The molecule has 0 aliphatic heterocycles. The van der Waals surface area contributed by atoms with E-state index in [1.165, 1.54) is 15.4 Å². The lowest BCUT2D eigenvalue weighted by molar-refractivity contribution is 0.476. The van der Waals surface area contributed by atoms with Crippen molar-refractivity contribution in [2.75, 3.05) is 0 Å². The van der Waals surface area contributed by atoms with Gasteiger partial charge in [-0.25, -0.2) is 4.98 Å². The number of aromatic nitrogens is 1. The summed E-state index contributed by atoms with van der Waals surface area (Å²) in [6.45, 7) is 6.49. The van der Waals surface area contributed by atoms with Gasteiger partial charge >= 0.3 is 0 Å². The molecule has 0 bridgehead atoms. The highest BCUT2D eigenvalue weighted by molar-refractivity contribution is 9.10. The summed E-state index contributed by atoms with van der Waals surface area (Å²) in [4.78, 5) is 5.70. The van der Waals surface area contributed by atoms with Crippen molar-refractivity contribution >= 4 is 27.3 Å². The maximum absolute atomic E-state index is 4.44. The van der Waals surface area contributed by atoms with Crippen LogP contribution in [0.4, 0.5) is 0 Å². The normalized spacial score (nSPS) is 14.3. The maximum atomic E-state index is 4.44. The van der Waals surface area contributed by atoms with E-state index in [1.54, 1.807) is 11.3 Å². The SMILES string of the molecule is Cc1cnc(C(C)NC(C)Cc2ccc(Br)cc2)s1. The second-order valence-electron chi connectivity index (χ2n) is 4.93. The quantitative estimate of drug-likeness (QED) is 0.868. The highest BCUT2D eigenvalue weighted by Gasteiger charge is 2.12.